The SMILES string of the molecule is C[C@@H](Oc1cc(-c2cccc(S(C)(=O)=O)c2)cnc1N)c1cc(F)ccc1N1NC=CN1. The molecule has 4 N–H and O–H groups in total. The van der Waals surface area contributed by atoms with Gasteiger partial charge in [0.1, 0.15) is 11.9 Å². The van der Waals surface area contributed by atoms with Crippen molar-refractivity contribution in [3.05, 3.63) is 78.5 Å². The van der Waals surface area contributed by atoms with Crippen LogP contribution in [0.4, 0.5) is 15.9 Å². The number of hydrazine groups is 2. The number of halogens is 1. The van der Waals surface area contributed by atoms with Crippen LogP contribution >= 0.6 is 0 Å². The maximum atomic E-state index is 14.0. The number of aromatic nitrogens is 1. The van der Waals surface area contributed by atoms with E-state index in [1.807, 2.05) is 0 Å². The average Bonchev–Trinajstić information content (AvgIpc) is 3.29. The standard InChI is InChI=1S/C22H22FN5O3S/c1-14(19-12-17(23)6-7-20(19)28-26-8-9-27-28)31-21-11-16(13-25-22(21)24)15-4-3-5-18(10-15)32(2,29)30/h3-14,26-27H,1-2H3,(H2,24,25)/t14-/m1/s1. The molecule has 0 unspecified atom stereocenters. The number of rotatable bonds is 6. The molecule has 0 spiro atoms. The molecular formula is C22H22FN5O3S. The Balaban J connectivity index is 1.66. The molecule has 10 heteroatoms. The van der Waals surface area contributed by atoms with Crippen molar-refractivity contribution in [2.24, 2.45) is 0 Å². The van der Waals surface area contributed by atoms with Crippen molar-refractivity contribution in [1.29, 1.82) is 0 Å². The van der Waals surface area contributed by atoms with Gasteiger partial charge in [-0.15, -0.1) is 0 Å². The molecule has 2 heterocycles. The van der Waals surface area contributed by atoms with Crippen LogP contribution in [0.3, 0.4) is 0 Å². The van der Waals surface area contributed by atoms with E-state index < -0.39 is 21.8 Å². The summed E-state index contributed by atoms with van der Waals surface area (Å²) < 4.78 is 43.9. The number of ether oxygens (including phenoxy) is 1. The summed E-state index contributed by atoms with van der Waals surface area (Å²) in [7, 11) is -3.36. The van der Waals surface area contributed by atoms with E-state index in [1.54, 1.807) is 61.0 Å². The van der Waals surface area contributed by atoms with Crippen LogP contribution < -0.4 is 26.4 Å². The zero-order valence-electron chi connectivity index (χ0n) is 17.4. The molecule has 0 saturated carbocycles. The lowest BCUT2D eigenvalue weighted by Gasteiger charge is -2.25. The van der Waals surface area contributed by atoms with E-state index in [-0.39, 0.29) is 10.7 Å². The van der Waals surface area contributed by atoms with Crippen LogP contribution in [-0.4, -0.2) is 19.7 Å². The molecule has 1 aliphatic rings. The second-order valence-electron chi connectivity index (χ2n) is 7.30. The Hall–Kier alpha value is -3.79. The Morgan fingerprint density at radius 3 is 2.56 bits per heavy atom. The Labute approximate surface area is 185 Å². The Morgan fingerprint density at radius 1 is 1.09 bits per heavy atom. The summed E-state index contributed by atoms with van der Waals surface area (Å²) in [5, 5.41) is 1.63. The van der Waals surface area contributed by atoms with Crippen LogP contribution in [-0.2, 0) is 9.84 Å². The fourth-order valence-electron chi connectivity index (χ4n) is 3.32. The quantitative estimate of drug-likeness (QED) is 0.519. The van der Waals surface area contributed by atoms with Gasteiger partial charge < -0.3 is 10.5 Å². The van der Waals surface area contributed by atoms with Crippen molar-refractivity contribution in [3.63, 3.8) is 0 Å². The van der Waals surface area contributed by atoms with Gasteiger partial charge in [-0.25, -0.2) is 17.8 Å². The lowest BCUT2D eigenvalue weighted by Crippen LogP contribution is -2.38. The highest BCUT2D eigenvalue weighted by Gasteiger charge is 2.20. The molecule has 8 nitrogen and oxygen atoms in total. The van der Waals surface area contributed by atoms with Gasteiger partial charge in [0.15, 0.2) is 21.4 Å². The zero-order valence-corrected chi connectivity index (χ0v) is 18.2. The van der Waals surface area contributed by atoms with E-state index in [0.29, 0.717) is 28.1 Å². The number of hydrogen-bond acceptors (Lipinski definition) is 8. The Morgan fingerprint density at radius 2 is 1.84 bits per heavy atom. The summed E-state index contributed by atoms with van der Waals surface area (Å²) in [6.45, 7) is 1.78. The molecule has 0 saturated heterocycles. The normalized spacial score (nSPS) is 14.0. The molecule has 0 amide bonds. The molecule has 4 rings (SSSR count). The molecular weight excluding hydrogens is 433 g/mol. The van der Waals surface area contributed by atoms with Gasteiger partial charge in [-0.2, -0.15) is 5.12 Å². The first-order valence-electron chi connectivity index (χ1n) is 9.72. The summed E-state index contributed by atoms with van der Waals surface area (Å²) in [6.07, 6.45) is 5.53. The minimum Gasteiger partial charge on any atom is -0.482 e. The average molecular weight is 456 g/mol. The van der Waals surface area contributed by atoms with E-state index >= 15 is 0 Å². The fourth-order valence-corrected chi connectivity index (χ4v) is 3.99. The number of nitrogens with two attached hydrogens (primary N) is 1. The topological polar surface area (TPSA) is 110 Å². The number of nitrogen functional groups attached to an aromatic ring is 1. The predicted molar refractivity (Wildman–Crippen MR) is 121 cm³/mol. The largest absolute Gasteiger partial charge is 0.482 e. The van der Waals surface area contributed by atoms with Gasteiger partial charge in [0.05, 0.1) is 10.6 Å². The first kappa shape index (κ1) is 21.4. The maximum Gasteiger partial charge on any atom is 0.175 e. The van der Waals surface area contributed by atoms with Gasteiger partial charge in [0.25, 0.3) is 0 Å². The van der Waals surface area contributed by atoms with E-state index in [0.717, 1.165) is 6.26 Å². The van der Waals surface area contributed by atoms with E-state index in [2.05, 4.69) is 15.8 Å². The highest BCUT2D eigenvalue weighted by Crippen LogP contribution is 2.34. The van der Waals surface area contributed by atoms with E-state index in [4.69, 9.17) is 10.5 Å². The zero-order chi connectivity index (χ0) is 22.9. The van der Waals surface area contributed by atoms with Gasteiger partial charge in [-0.1, -0.05) is 12.1 Å². The Kier molecular flexibility index (Phi) is 5.62. The van der Waals surface area contributed by atoms with Gasteiger partial charge >= 0.3 is 0 Å². The number of hydrogen-bond donors (Lipinski definition) is 3. The third kappa shape index (κ3) is 4.45. The monoisotopic (exact) mass is 455 g/mol. The smallest absolute Gasteiger partial charge is 0.175 e. The molecule has 1 aliphatic heterocycles. The van der Waals surface area contributed by atoms with Crippen molar-refractivity contribution < 1.29 is 17.5 Å². The highest BCUT2D eigenvalue weighted by atomic mass is 32.2. The molecule has 0 radical (unpaired) electrons. The number of pyridine rings is 1. The number of sulfone groups is 1. The minimum absolute atomic E-state index is 0.164. The molecule has 32 heavy (non-hydrogen) atoms. The van der Waals surface area contributed by atoms with E-state index in [9.17, 15) is 12.8 Å². The molecule has 1 atom stereocenters. The van der Waals surface area contributed by atoms with Gasteiger partial charge in [0, 0.05) is 36.0 Å². The number of anilines is 2. The lowest BCUT2D eigenvalue weighted by molar-refractivity contribution is 0.227. The summed E-state index contributed by atoms with van der Waals surface area (Å²) >= 11 is 0. The van der Waals surface area contributed by atoms with Gasteiger partial charge in [-0.05, 0) is 48.9 Å². The summed E-state index contributed by atoms with van der Waals surface area (Å²) in [4.78, 5) is 4.40. The first-order valence-corrected chi connectivity index (χ1v) is 11.6. The van der Waals surface area contributed by atoms with Crippen LogP contribution in [0.15, 0.2) is 72.0 Å². The lowest BCUT2D eigenvalue weighted by atomic mass is 10.1. The van der Waals surface area contributed by atoms with Crippen LogP contribution in [0.2, 0.25) is 0 Å². The maximum absolute atomic E-state index is 14.0. The molecule has 166 valence electrons. The molecule has 0 fully saturated rings. The van der Waals surface area contributed by atoms with Crippen molar-refractivity contribution in [1.82, 2.24) is 15.8 Å². The highest BCUT2D eigenvalue weighted by molar-refractivity contribution is 7.90. The van der Waals surface area contributed by atoms with Crippen LogP contribution in [0.25, 0.3) is 11.1 Å². The van der Waals surface area contributed by atoms with Crippen molar-refractivity contribution in [2.45, 2.75) is 17.9 Å². The Bertz CT molecular complexity index is 1290. The molecule has 0 bridgehead atoms. The van der Waals surface area contributed by atoms with Crippen molar-refractivity contribution in [3.8, 4) is 16.9 Å². The summed E-state index contributed by atoms with van der Waals surface area (Å²) in [5.74, 6) is 0.0659. The summed E-state index contributed by atoms with van der Waals surface area (Å²) in [5.41, 5.74) is 14.6. The second-order valence-corrected chi connectivity index (χ2v) is 9.31. The number of nitrogens with one attached hydrogen (secondary N) is 2. The number of nitrogens with zero attached hydrogens (tertiary/aromatic N) is 2. The van der Waals surface area contributed by atoms with Crippen molar-refractivity contribution in [2.75, 3.05) is 17.1 Å². The van der Waals surface area contributed by atoms with Gasteiger partial charge in [0.2, 0.25) is 0 Å². The summed E-state index contributed by atoms with van der Waals surface area (Å²) in [6, 6.07) is 12.6. The molecule has 0 aliphatic carbocycles. The first-order chi connectivity index (χ1) is 15.2. The third-order valence-electron chi connectivity index (χ3n) is 4.94. The van der Waals surface area contributed by atoms with E-state index in [1.165, 1.54) is 18.2 Å². The van der Waals surface area contributed by atoms with Crippen LogP contribution in [0.1, 0.15) is 18.6 Å². The van der Waals surface area contributed by atoms with Crippen molar-refractivity contribution >= 4 is 21.3 Å². The van der Waals surface area contributed by atoms with Crippen LogP contribution in [0.5, 0.6) is 5.75 Å². The predicted octanol–water partition coefficient (Wildman–Crippen LogP) is 3.31. The third-order valence-corrected chi connectivity index (χ3v) is 6.05. The molecule has 2 aromatic carbocycles. The molecule has 3 aromatic rings. The van der Waals surface area contributed by atoms with Gasteiger partial charge in [-0.3, -0.25) is 10.9 Å². The molecule has 1 aromatic heterocycles. The minimum atomic E-state index is -3.36. The van der Waals surface area contributed by atoms with Crippen LogP contribution in [0, 0.1) is 5.82 Å². The second kappa shape index (κ2) is 8.39. The fraction of sp³-hybridized carbons (Fsp3) is 0.136. The number of benzene rings is 2.